The molecule has 0 spiro atoms. The second-order valence-corrected chi connectivity index (χ2v) is 6.90. The second kappa shape index (κ2) is 5.67. The molecule has 2 atom stereocenters. The Labute approximate surface area is 118 Å². The maximum atomic E-state index is 13.3. The van der Waals surface area contributed by atoms with Gasteiger partial charge in [-0.05, 0) is 37.5 Å². The lowest BCUT2D eigenvalue weighted by Gasteiger charge is -2.28. The van der Waals surface area contributed by atoms with Gasteiger partial charge in [0.25, 0.3) is 0 Å². The number of benzene rings is 1. The van der Waals surface area contributed by atoms with Crippen molar-refractivity contribution in [1.29, 1.82) is 0 Å². The van der Waals surface area contributed by atoms with Gasteiger partial charge in [-0.1, -0.05) is 12.8 Å². The summed E-state index contributed by atoms with van der Waals surface area (Å²) >= 11 is 0. The lowest BCUT2D eigenvalue weighted by Crippen LogP contribution is -2.45. The molecule has 2 rings (SSSR count). The topological polar surface area (TPSA) is 92.4 Å². The highest BCUT2D eigenvalue weighted by atomic mass is 32.2. The average Bonchev–Trinajstić information content (AvgIpc) is 2.36. The zero-order chi connectivity index (χ0) is 14.9. The Morgan fingerprint density at radius 2 is 2.00 bits per heavy atom. The standard InChI is InChI=1S/C13H19FN2O3S/c1-8-6-9(14)10(15)7-13(8)20(18,19)16-11-4-2-3-5-12(11)17/h6-7,11-12,16-17H,2-5,15H2,1H3/t11-,12-/m0/s1. The van der Waals surface area contributed by atoms with Crippen molar-refractivity contribution in [3.63, 3.8) is 0 Å². The molecule has 112 valence electrons. The molecule has 1 aromatic carbocycles. The maximum absolute atomic E-state index is 13.3. The molecule has 0 saturated heterocycles. The van der Waals surface area contributed by atoms with Gasteiger partial charge < -0.3 is 10.8 Å². The Kier molecular flexibility index (Phi) is 4.31. The first-order chi connectivity index (χ1) is 9.31. The van der Waals surface area contributed by atoms with Crippen LogP contribution in [0.1, 0.15) is 31.2 Å². The molecule has 0 bridgehead atoms. The van der Waals surface area contributed by atoms with E-state index >= 15 is 0 Å². The minimum absolute atomic E-state index is 0.0471. The molecular weight excluding hydrogens is 283 g/mol. The molecule has 4 N–H and O–H groups in total. The monoisotopic (exact) mass is 302 g/mol. The first-order valence-electron chi connectivity index (χ1n) is 6.57. The normalized spacial score (nSPS) is 23.8. The summed E-state index contributed by atoms with van der Waals surface area (Å²) in [4.78, 5) is -0.0471. The van der Waals surface area contributed by atoms with Crippen molar-refractivity contribution in [2.45, 2.75) is 49.6 Å². The lowest BCUT2D eigenvalue weighted by atomic mass is 9.93. The van der Waals surface area contributed by atoms with Crippen molar-refractivity contribution in [2.75, 3.05) is 5.73 Å². The predicted octanol–water partition coefficient (Wildman–Crippen LogP) is 1.30. The molecule has 0 heterocycles. The molecule has 0 aromatic heterocycles. The number of hydrogen-bond donors (Lipinski definition) is 3. The molecule has 1 aromatic rings. The van der Waals surface area contributed by atoms with Crippen LogP contribution in [0.3, 0.4) is 0 Å². The van der Waals surface area contributed by atoms with E-state index in [1.165, 1.54) is 6.92 Å². The number of hydrogen-bond acceptors (Lipinski definition) is 4. The highest BCUT2D eigenvalue weighted by Crippen LogP contribution is 2.24. The number of nitrogens with one attached hydrogen (secondary N) is 1. The van der Waals surface area contributed by atoms with Crippen LogP contribution >= 0.6 is 0 Å². The highest BCUT2D eigenvalue weighted by Gasteiger charge is 2.29. The van der Waals surface area contributed by atoms with Crippen molar-refractivity contribution < 1.29 is 17.9 Å². The van der Waals surface area contributed by atoms with Crippen LogP contribution in [0.4, 0.5) is 10.1 Å². The van der Waals surface area contributed by atoms with Gasteiger partial charge in [-0.2, -0.15) is 0 Å². The van der Waals surface area contributed by atoms with Gasteiger partial charge in [-0.3, -0.25) is 0 Å². The van der Waals surface area contributed by atoms with Crippen LogP contribution in [0.5, 0.6) is 0 Å². The summed E-state index contributed by atoms with van der Waals surface area (Å²) in [5, 5.41) is 9.84. The summed E-state index contributed by atoms with van der Waals surface area (Å²) < 4.78 is 40.4. The van der Waals surface area contributed by atoms with E-state index in [9.17, 15) is 17.9 Å². The summed E-state index contributed by atoms with van der Waals surface area (Å²) in [6, 6.07) is 1.71. The van der Waals surface area contributed by atoms with Gasteiger partial charge in [-0.15, -0.1) is 0 Å². The van der Waals surface area contributed by atoms with Gasteiger partial charge in [0.05, 0.1) is 16.7 Å². The van der Waals surface area contributed by atoms with Gasteiger partial charge in [0.2, 0.25) is 10.0 Å². The van der Waals surface area contributed by atoms with Gasteiger partial charge in [0, 0.05) is 6.04 Å². The SMILES string of the molecule is Cc1cc(F)c(N)cc1S(=O)(=O)N[C@H]1CCCC[C@@H]1O. The molecule has 1 fully saturated rings. The van der Waals surface area contributed by atoms with Crippen molar-refractivity contribution in [3.8, 4) is 0 Å². The van der Waals surface area contributed by atoms with Gasteiger partial charge in [0.15, 0.2) is 0 Å². The van der Waals surface area contributed by atoms with Crippen LogP contribution in [0.15, 0.2) is 17.0 Å². The maximum Gasteiger partial charge on any atom is 0.241 e. The van der Waals surface area contributed by atoms with E-state index in [2.05, 4.69) is 4.72 Å². The van der Waals surface area contributed by atoms with Crippen molar-refractivity contribution in [3.05, 3.63) is 23.5 Å². The molecule has 0 amide bonds. The Bertz CT molecular complexity index is 604. The number of aryl methyl sites for hydroxylation is 1. The first kappa shape index (κ1) is 15.2. The summed E-state index contributed by atoms with van der Waals surface area (Å²) in [5.41, 5.74) is 5.51. The number of nitrogens with two attached hydrogens (primary N) is 1. The van der Waals surface area contributed by atoms with E-state index in [0.717, 1.165) is 25.0 Å². The Morgan fingerprint density at radius 3 is 2.65 bits per heavy atom. The predicted molar refractivity (Wildman–Crippen MR) is 74.1 cm³/mol. The number of aliphatic hydroxyl groups is 1. The molecule has 5 nitrogen and oxygen atoms in total. The largest absolute Gasteiger partial charge is 0.396 e. The molecule has 0 unspecified atom stereocenters. The Morgan fingerprint density at radius 1 is 1.35 bits per heavy atom. The molecule has 0 aliphatic heterocycles. The van der Waals surface area contributed by atoms with Crippen LogP contribution in [-0.2, 0) is 10.0 Å². The fourth-order valence-corrected chi connectivity index (χ4v) is 4.04. The van der Waals surface area contributed by atoms with Crippen molar-refractivity contribution in [2.24, 2.45) is 0 Å². The second-order valence-electron chi connectivity index (χ2n) is 5.22. The summed E-state index contributed by atoms with van der Waals surface area (Å²) in [7, 11) is -3.82. The average molecular weight is 302 g/mol. The van der Waals surface area contributed by atoms with Crippen molar-refractivity contribution in [1.82, 2.24) is 4.72 Å². The van der Waals surface area contributed by atoms with Crippen LogP contribution in [0.25, 0.3) is 0 Å². The first-order valence-corrected chi connectivity index (χ1v) is 8.05. The third-order valence-electron chi connectivity index (χ3n) is 3.62. The number of nitrogen functional groups attached to an aromatic ring is 1. The van der Waals surface area contributed by atoms with E-state index in [0.29, 0.717) is 12.8 Å². The lowest BCUT2D eigenvalue weighted by molar-refractivity contribution is 0.101. The minimum atomic E-state index is -3.82. The molecule has 20 heavy (non-hydrogen) atoms. The van der Waals surface area contributed by atoms with E-state index in [1.807, 2.05) is 0 Å². The van der Waals surface area contributed by atoms with Crippen LogP contribution in [0, 0.1) is 12.7 Å². The number of aliphatic hydroxyl groups excluding tert-OH is 1. The van der Waals surface area contributed by atoms with Gasteiger partial charge >= 0.3 is 0 Å². The third-order valence-corrected chi connectivity index (χ3v) is 5.25. The molecular formula is C13H19FN2O3S. The number of anilines is 1. The summed E-state index contributed by atoms with van der Waals surface area (Å²) in [5.74, 6) is -0.640. The Balaban J connectivity index is 2.28. The molecule has 7 heteroatoms. The quantitative estimate of drug-likeness (QED) is 0.734. The number of rotatable bonds is 3. The highest BCUT2D eigenvalue weighted by molar-refractivity contribution is 7.89. The van der Waals surface area contributed by atoms with E-state index in [1.54, 1.807) is 0 Å². The zero-order valence-electron chi connectivity index (χ0n) is 11.3. The summed E-state index contributed by atoms with van der Waals surface area (Å²) in [6.07, 6.45) is 2.25. The molecule has 0 radical (unpaired) electrons. The molecule has 1 aliphatic carbocycles. The van der Waals surface area contributed by atoms with E-state index in [-0.39, 0.29) is 16.1 Å². The minimum Gasteiger partial charge on any atom is -0.396 e. The van der Waals surface area contributed by atoms with Crippen molar-refractivity contribution >= 4 is 15.7 Å². The third kappa shape index (κ3) is 3.11. The zero-order valence-corrected chi connectivity index (χ0v) is 12.1. The Hall–Kier alpha value is -1.18. The number of sulfonamides is 1. The number of halogens is 1. The van der Waals surface area contributed by atoms with Gasteiger partial charge in [0.1, 0.15) is 5.82 Å². The molecule has 1 aliphatic rings. The van der Waals surface area contributed by atoms with E-state index in [4.69, 9.17) is 5.73 Å². The smallest absolute Gasteiger partial charge is 0.241 e. The molecule has 1 saturated carbocycles. The van der Waals surface area contributed by atoms with Crippen LogP contribution in [0.2, 0.25) is 0 Å². The van der Waals surface area contributed by atoms with Crippen LogP contribution in [-0.4, -0.2) is 25.7 Å². The van der Waals surface area contributed by atoms with Crippen LogP contribution < -0.4 is 10.5 Å². The fourth-order valence-electron chi connectivity index (χ4n) is 2.47. The fraction of sp³-hybridized carbons (Fsp3) is 0.538. The van der Waals surface area contributed by atoms with E-state index < -0.39 is 28.0 Å². The summed E-state index contributed by atoms with van der Waals surface area (Å²) in [6.45, 7) is 1.51. The van der Waals surface area contributed by atoms with Gasteiger partial charge in [-0.25, -0.2) is 17.5 Å².